The molecule has 0 saturated heterocycles. The maximum absolute atomic E-state index is 13.6. The predicted octanol–water partition coefficient (Wildman–Crippen LogP) is 3.94. The zero-order chi connectivity index (χ0) is 17.0. The zero-order valence-corrected chi connectivity index (χ0v) is 14.1. The fourth-order valence-corrected chi connectivity index (χ4v) is 3.32. The maximum atomic E-state index is 13.6. The first-order valence-corrected chi connectivity index (χ1v) is 8.92. The fourth-order valence-electron chi connectivity index (χ4n) is 1.79. The van der Waals surface area contributed by atoms with Crippen LogP contribution in [0.4, 0.5) is 10.1 Å². The summed E-state index contributed by atoms with van der Waals surface area (Å²) in [6.07, 6.45) is -0.299. The molecule has 2 aromatic carbocycles. The first-order chi connectivity index (χ1) is 10.8. The third-order valence-electron chi connectivity index (χ3n) is 2.98. The third-order valence-corrected chi connectivity index (χ3v) is 5.19. The molecule has 0 atom stereocenters. The lowest BCUT2D eigenvalue weighted by atomic mass is 10.3. The van der Waals surface area contributed by atoms with E-state index in [0.29, 0.717) is 5.02 Å². The molecular formula is C15H12Cl2FNO3S. The number of carbonyl (C=O) groups is 1. The predicted molar refractivity (Wildman–Crippen MR) is 88.2 cm³/mol. The highest BCUT2D eigenvalue weighted by Gasteiger charge is 2.17. The van der Waals surface area contributed by atoms with Gasteiger partial charge in [-0.25, -0.2) is 12.8 Å². The number of sulfone groups is 1. The van der Waals surface area contributed by atoms with E-state index >= 15 is 0 Å². The SMILES string of the molecule is O=C(CCS(=O)(=O)c1ccc(Cl)cc1)Nc1ccc(Cl)cc1F. The summed E-state index contributed by atoms with van der Waals surface area (Å²) in [5.74, 6) is -1.69. The van der Waals surface area contributed by atoms with Crippen molar-refractivity contribution in [3.05, 3.63) is 58.3 Å². The molecule has 0 aromatic heterocycles. The summed E-state index contributed by atoms with van der Waals surface area (Å²) >= 11 is 11.3. The van der Waals surface area contributed by atoms with Gasteiger partial charge in [0.1, 0.15) is 5.82 Å². The Kier molecular flexibility index (Phi) is 5.62. The number of benzene rings is 2. The number of carbonyl (C=O) groups excluding carboxylic acids is 1. The molecule has 122 valence electrons. The smallest absolute Gasteiger partial charge is 0.225 e. The molecule has 0 heterocycles. The van der Waals surface area contributed by atoms with E-state index in [-0.39, 0.29) is 22.0 Å². The number of rotatable bonds is 5. The van der Waals surface area contributed by atoms with Crippen LogP contribution in [0.5, 0.6) is 0 Å². The van der Waals surface area contributed by atoms with Crippen molar-refractivity contribution in [2.75, 3.05) is 11.1 Å². The Hall–Kier alpha value is -1.63. The van der Waals surface area contributed by atoms with Crippen LogP contribution in [-0.4, -0.2) is 20.1 Å². The molecule has 0 aliphatic rings. The monoisotopic (exact) mass is 375 g/mol. The van der Waals surface area contributed by atoms with E-state index in [9.17, 15) is 17.6 Å². The summed E-state index contributed by atoms with van der Waals surface area (Å²) in [5.41, 5.74) is -0.0525. The van der Waals surface area contributed by atoms with Gasteiger partial charge in [0.2, 0.25) is 5.91 Å². The molecule has 0 radical (unpaired) electrons. The van der Waals surface area contributed by atoms with E-state index in [4.69, 9.17) is 23.2 Å². The molecule has 0 aliphatic carbocycles. The normalized spacial score (nSPS) is 11.3. The summed E-state index contributed by atoms with van der Waals surface area (Å²) < 4.78 is 37.8. The third kappa shape index (κ3) is 4.92. The molecule has 0 aliphatic heterocycles. The molecule has 8 heteroatoms. The van der Waals surface area contributed by atoms with Gasteiger partial charge in [-0.15, -0.1) is 0 Å². The van der Waals surface area contributed by atoms with Crippen molar-refractivity contribution in [3.8, 4) is 0 Å². The van der Waals surface area contributed by atoms with Crippen LogP contribution in [0.3, 0.4) is 0 Å². The van der Waals surface area contributed by atoms with Crippen LogP contribution in [0.2, 0.25) is 10.0 Å². The largest absolute Gasteiger partial charge is 0.324 e. The lowest BCUT2D eigenvalue weighted by Gasteiger charge is -2.07. The second-order valence-corrected chi connectivity index (χ2v) is 7.68. The Bertz CT molecular complexity index is 823. The highest BCUT2D eigenvalue weighted by molar-refractivity contribution is 7.91. The van der Waals surface area contributed by atoms with E-state index in [1.165, 1.54) is 36.4 Å². The minimum absolute atomic E-state index is 0.0525. The fraction of sp³-hybridized carbons (Fsp3) is 0.133. The Morgan fingerprint density at radius 2 is 1.65 bits per heavy atom. The topological polar surface area (TPSA) is 63.2 Å². The minimum Gasteiger partial charge on any atom is -0.324 e. The van der Waals surface area contributed by atoms with Gasteiger partial charge in [-0.2, -0.15) is 0 Å². The van der Waals surface area contributed by atoms with Crippen LogP contribution in [0.25, 0.3) is 0 Å². The molecular weight excluding hydrogens is 364 g/mol. The first-order valence-electron chi connectivity index (χ1n) is 6.51. The Morgan fingerprint density at radius 1 is 1.04 bits per heavy atom. The number of hydrogen-bond donors (Lipinski definition) is 1. The summed E-state index contributed by atoms with van der Waals surface area (Å²) in [7, 11) is -3.62. The van der Waals surface area contributed by atoms with Gasteiger partial charge >= 0.3 is 0 Å². The lowest BCUT2D eigenvalue weighted by Crippen LogP contribution is -2.18. The second kappa shape index (κ2) is 7.29. The van der Waals surface area contributed by atoms with Crippen molar-refractivity contribution in [1.82, 2.24) is 0 Å². The minimum atomic E-state index is -3.62. The number of halogens is 3. The molecule has 2 aromatic rings. The first kappa shape index (κ1) is 17.7. The van der Waals surface area contributed by atoms with Gasteiger partial charge in [-0.3, -0.25) is 4.79 Å². The average molecular weight is 376 g/mol. The molecule has 0 fully saturated rings. The van der Waals surface area contributed by atoms with Crippen LogP contribution < -0.4 is 5.32 Å². The lowest BCUT2D eigenvalue weighted by molar-refractivity contribution is -0.115. The van der Waals surface area contributed by atoms with Gasteiger partial charge in [0.15, 0.2) is 9.84 Å². The molecule has 2 rings (SSSR count). The van der Waals surface area contributed by atoms with Crippen molar-refractivity contribution in [2.45, 2.75) is 11.3 Å². The number of amides is 1. The van der Waals surface area contributed by atoms with Crippen molar-refractivity contribution in [3.63, 3.8) is 0 Å². The van der Waals surface area contributed by atoms with Gasteiger partial charge in [-0.05, 0) is 42.5 Å². The summed E-state index contributed by atoms with van der Waals surface area (Å²) in [6.45, 7) is 0. The van der Waals surface area contributed by atoms with E-state index < -0.39 is 27.3 Å². The van der Waals surface area contributed by atoms with Crippen LogP contribution in [0, 0.1) is 5.82 Å². The molecule has 0 unspecified atom stereocenters. The second-order valence-electron chi connectivity index (χ2n) is 4.70. The molecule has 1 N–H and O–H groups in total. The van der Waals surface area contributed by atoms with E-state index in [0.717, 1.165) is 6.07 Å². The standard InChI is InChI=1S/C15H12Cl2FNO3S/c16-10-1-4-12(5-2-10)23(21,22)8-7-15(20)19-14-6-3-11(17)9-13(14)18/h1-6,9H,7-8H2,(H,19,20). The quantitative estimate of drug-likeness (QED) is 0.860. The van der Waals surface area contributed by atoms with Crippen molar-refractivity contribution in [1.29, 1.82) is 0 Å². The molecule has 0 saturated carbocycles. The van der Waals surface area contributed by atoms with Crippen molar-refractivity contribution < 1.29 is 17.6 Å². The zero-order valence-electron chi connectivity index (χ0n) is 11.7. The molecule has 23 heavy (non-hydrogen) atoms. The highest BCUT2D eigenvalue weighted by Crippen LogP contribution is 2.20. The van der Waals surface area contributed by atoms with Crippen molar-refractivity contribution in [2.24, 2.45) is 0 Å². The van der Waals surface area contributed by atoms with E-state index in [2.05, 4.69) is 5.32 Å². The highest BCUT2D eigenvalue weighted by atomic mass is 35.5. The number of hydrogen-bond acceptors (Lipinski definition) is 3. The van der Waals surface area contributed by atoms with Crippen molar-refractivity contribution >= 4 is 44.6 Å². The van der Waals surface area contributed by atoms with Crippen LogP contribution >= 0.6 is 23.2 Å². The van der Waals surface area contributed by atoms with Gasteiger partial charge in [-0.1, -0.05) is 23.2 Å². The summed E-state index contributed by atoms with van der Waals surface area (Å²) in [5, 5.41) is 2.93. The van der Waals surface area contributed by atoms with Gasteiger partial charge in [0.25, 0.3) is 0 Å². The molecule has 4 nitrogen and oxygen atoms in total. The van der Waals surface area contributed by atoms with Gasteiger partial charge in [0, 0.05) is 16.5 Å². The average Bonchev–Trinajstić information content (AvgIpc) is 2.49. The number of anilines is 1. The van der Waals surface area contributed by atoms with Gasteiger partial charge < -0.3 is 5.32 Å². The van der Waals surface area contributed by atoms with Crippen LogP contribution in [0.1, 0.15) is 6.42 Å². The molecule has 0 spiro atoms. The van der Waals surface area contributed by atoms with E-state index in [1.54, 1.807) is 0 Å². The maximum Gasteiger partial charge on any atom is 0.225 e. The Morgan fingerprint density at radius 3 is 2.26 bits per heavy atom. The van der Waals surface area contributed by atoms with Crippen LogP contribution in [-0.2, 0) is 14.6 Å². The van der Waals surface area contributed by atoms with E-state index in [1.807, 2.05) is 0 Å². The van der Waals surface area contributed by atoms with Crippen LogP contribution in [0.15, 0.2) is 47.4 Å². The molecule has 1 amide bonds. The molecule has 0 bridgehead atoms. The Balaban J connectivity index is 1.99. The summed E-state index contributed by atoms with van der Waals surface area (Å²) in [4.78, 5) is 11.9. The summed E-state index contributed by atoms with van der Waals surface area (Å²) in [6, 6.07) is 9.44. The van der Waals surface area contributed by atoms with Gasteiger partial charge in [0.05, 0.1) is 16.3 Å². The number of nitrogens with one attached hydrogen (secondary N) is 1. The Labute approximate surface area is 143 Å².